The molecule has 2 aromatic carbocycles. The maximum Gasteiger partial charge on any atom is 0.169 e. The highest BCUT2D eigenvalue weighted by Gasteiger charge is 2.33. The van der Waals surface area contributed by atoms with Gasteiger partial charge in [0.2, 0.25) is 0 Å². The van der Waals surface area contributed by atoms with E-state index in [1.807, 2.05) is 17.8 Å². The molecule has 43 heavy (non-hydrogen) atoms. The molecule has 2 aliphatic heterocycles. The largest absolute Gasteiger partial charge is 1.00 e. The molecule has 0 atom stereocenters. The Morgan fingerprint density at radius 3 is 2.21 bits per heavy atom. The lowest BCUT2D eigenvalue weighted by molar-refractivity contribution is -0.00000946. The molecule has 1 saturated heterocycles. The van der Waals surface area contributed by atoms with Crippen LogP contribution >= 0.6 is 47.5 Å². The van der Waals surface area contributed by atoms with Crippen molar-refractivity contribution in [1.29, 1.82) is 0 Å². The van der Waals surface area contributed by atoms with Crippen molar-refractivity contribution in [2.75, 3.05) is 35.7 Å². The van der Waals surface area contributed by atoms with E-state index < -0.39 is 0 Å². The maximum atomic E-state index is 5.67. The normalized spacial score (nSPS) is 18.3. The number of rotatable bonds is 6. The molecule has 4 rings (SSSR count). The second-order valence-corrected chi connectivity index (χ2v) is 16.5. The number of hydrogen-bond acceptors (Lipinski definition) is 7. The Morgan fingerprint density at radius 1 is 1.00 bits per heavy atom. The first-order valence-corrected chi connectivity index (χ1v) is 18.1. The van der Waals surface area contributed by atoms with E-state index in [1.165, 1.54) is 16.8 Å². The van der Waals surface area contributed by atoms with Gasteiger partial charge in [-0.1, -0.05) is 145 Å². The molecule has 4 nitrogen and oxygen atoms in total. The fraction of sp³-hybridized carbons (Fsp3) is 0.500. The van der Waals surface area contributed by atoms with Crippen molar-refractivity contribution in [2.24, 2.45) is 20.8 Å². The van der Waals surface area contributed by atoms with Gasteiger partial charge in [-0.25, -0.2) is 4.99 Å². The van der Waals surface area contributed by atoms with Crippen LogP contribution in [0.15, 0.2) is 71.2 Å². The predicted molar refractivity (Wildman–Crippen MR) is 199 cm³/mol. The van der Waals surface area contributed by atoms with Gasteiger partial charge >= 0.3 is 0 Å². The van der Waals surface area contributed by atoms with Crippen molar-refractivity contribution in [3.05, 3.63) is 72.3 Å². The van der Waals surface area contributed by atoms with Gasteiger partial charge in [-0.05, 0) is 45.9 Å². The fourth-order valence-corrected chi connectivity index (χ4v) is 7.53. The highest BCUT2D eigenvalue weighted by Crippen LogP contribution is 2.36. The molecule has 2 aliphatic rings. The molecule has 0 bridgehead atoms. The Bertz CT molecular complexity index is 1290. The zero-order valence-corrected chi connectivity index (χ0v) is 32.4. The van der Waals surface area contributed by atoms with E-state index in [0.29, 0.717) is 17.3 Å². The summed E-state index contributed by atoms with van der Waals surface area (Å²) >= 11 is 10.9. The molecule has 1 fully saturated rings. The maximum absolute atomic E-state index is 5.67. The summed E-state index contributed by atoms with van der Waals surface area (Å²) in [7, 11) is 0. The molecule has 0 spiro atoms. The average Bonchev–Trinajstić information content (AvgIpc) is 2.94. The zero-order chi connectivity index (χ0) is 30.9. The highest BCUT2D eigenvalue weighted by molar-refractivity contribution is 8.23. The van der Waals surface area contributed by atoms with E-state index in [0.717, 1.165) is 50.7 Å². The molecule has 0 saturated carbocycles. The summed E-state index contributed by atoms with van der Waals surface area (Å²) in [5.74, 6) is 3.99. The standard InChI is InChI=1S/C19H26N2S3.C15H22N2S.HI/c1-6-11-23-18(22)21-12-19(4,5)13-24-17(21)20-16-10-8-7-9-15(16)14(2)3;1-11(2)12-7-5-6-8-13(12)17-14-16-9-15(3,4)10-18-14;/h6-10,14H,1,11-13H2,2-5H3;5-8,11H,9-10H2,1-4H3,(H,16,17);1H/p-1. The van der Waals surface area contributed by atoms with Crippen LogP contribution in [0.2, 0.25) is 0 Å². The van der Waals surface area contributed by atoms with Gasteiger partial charge in [0.25, 0.3) is 0 Å². The lowest BCUT2D eigenvalue weighted by Crippen LogP contribution is -3.00. The molecule has 1 N–H and O–H groups in total. The average molecular weight is 768 g/mol. The molecule has 9 heteroatoms. The van der Waals surface area contributed by atoms with Crippen LogP contribution < -0.4 is 29.3 Å². The number of para-hydroxylation sites is 2. The number of nitrogens with one attached hydrogen (secondary N) is 1. The Labute approximate surface area is 296 Å². The summed E-state index contributed by atoms with van der Waals surface area (Å²) in [4.78, 5) is 11.8. The van der Waals surface area contributed by atoms with Gasteiger partial charge in [-0.3, -0.25) is 4.99 Å². The predicted octanol–water partition coefficient (Wildman–Crippen LogP) is 7.43. The monoisotopic (exact) mass is 767 g/mol. The van der Waals surface area contributed by atoms with E-state index in [-0.39, 0.29) is 29.4 Å². The SMILES string of the molecule is C=CCSC(=S)N1CC(C)(C)CSC1=Nc1ccccc1C(C)C.CC(C)c1ccccc1NC1=NCC(C)(C)CS1.[I-]. The third-order valence-corrected chi connectivity index (χ3v) is 11.2. The molecule has 0 amide bonds. The minimum absolute atomic E-state index is 0. The summed E-state index contributed by atoms with van der Waals surface area (Å²) < 4.78 is 0.885. The van der Waals surface area contributed by atoms with Crippen molar-refractivity contribution in [2.45, 2.75) is 67.2 Å². The number of hydrogen-bond donors (Lipinski definition) is 1. The second kappa shape index (κ2) is 17.6. The van der Waals surface area contributed by atoms with E-state index in [2.05, 4.69) is 126 Å². The quantitative estimate of drug-likeness (QED) is 0.188. The van der Waals surface area contributed by atoms with Crippen LogP contribution in [-0.2, 0) is 0 Å². The van der Waals surface area contributed by atoms with Crippen LogP contribution in [-0.4, -0.2) is 49.9 Å². The minimum Gasteiger partial charge on any atom is -1.00 e. The third-order valence-electron chi connectivity index (χ3n) is 6.80. The van der Waals surface area contributed by atoms with Crippen LogP contribution in [0.1, 0.15) is 78.4 Å². The zero-order valence-electron chi connectivity index (χ0n) is 26.9. The number of benzene rings is 2. The van der Waals surface area contributed by atoms with Crippen LogP contribution in [0.5, 0.6) is 0 Å². The number of thioether (sulfide) groups is 3. The Balaban J connectivity index is 0.000000304. The van der Waals surface area contributed by atoms with Gasteiger partial charge in [-0.2, -0.15) is 0 Å². The number of aliphatic imine (C=N–C) groups is 2. The van der Waals surface area contributed by atoms with E-state index in [1.54, 1.807) is 23.5 Å². The van der Waals surface area contributed by atoms with Gasteiger partial charge in [-0.15, -0.1) is 6.58 Å². The van der Waals surface area contributed by atoms with Crippen molar-refractivity contribution in [1.82, 2.24) is 4.90 Å². The Kier molecular flexibility index (Phi) is 15.6. The summed E-state index contributed by atoms with van der Waals surface area (Å²) in [6.45, 7) is 23.6. The number of amidine groups is 2. The van der Waals surface area contributed by atoms with Crippen LogP contribution in [0.25, 0.3) is 0 Å². The Hall–Kier alpha value is -1.01. The molecule has 2 aromatic rings. The second-order valence-electron chi connectivity index (χ2n) is 13.0. The van der Waals surface area contributed by atoms with Crippen molar-refractivity contribution in [3.8, 4) is 0 Å². The third kappa shape index (κ3) is 12.0. The smallest absolute Gasteiger partial charge is 0.169 e. The van der Waals surface area contributed by atoms with Crippen LogP contribution in [0.3, 0.4) is 0 Å². The van der Waals surface area contributed by atoms with Gasteiger partial charge in [0.05, 0.1) is 5.69 Å². The Morgan fingerprint density at radius 2 is 1.60 bits per heavy atom. The lowest BCUT2D eigenvalue weighted by Gasteiger charge is -2.39. The number of halogens is 1. The van der Waals surface area contributed by atoms with Crippen molar-refractivity contribution in [3.63, 3.8) is 0 Å². The van der Waals surface area contributed by atoms with Crippen LogP contribution in [0, 0.1) is 10.8 Å². The molecular weight excluding hydrogens is 720 g/mol. The van der Waals surface area contributed by atoms with E-state index in [9.17, 15) is 0 Å². The number of nitrogens with zero attached hydrogens (tertiary/aromatic N) is 3. The van der Waals surface area contributed by atoms with E-state index >= 15 is 0 Å². The molecule has 0 unspecified atom stereocenters. The molecule has 0 radical (unpaired) electrons. The first-order chi connectivity index (χ1) is 19.8. The molecule has 2 heterocycles. The molecule has 0 aromatic heterocycles. The summed E-state index contributed by atoms with van der Waals surface area (Å²) in [5, 5.41) is 5.56. The topological polar surface area (TPSA) is 40.0 Å². The van der Waals surface area contributed by atoms with Gasteiger partial charge in [0.1, 0.15) is 4.32 Å². The summed E-state index contributed by atoms with van der Waals surface area (Å²) in [5.41, 5.74) is 5.42. The van der Waals surface area contributed by atoms with Crippen molar-refractivity contribution < 1.29 is 24.0 Å². The minimum atomic E-state index is 0. The first-order valence-electron chi connectivity index (χ1n) is 14.7. The first kappa shape index (κ1) is 38.2. The van der Waals surface area contributed by atoms with Crippen LogP contribution in [0.4, 0.5) is 11.4 Å². The lowest BCUT2D eigenvalue weighted by atomic mass is 9.96. The van der Waals surface area contributed by atoms with Gasteiger partial charge < -0.3 is 34.2 Å². The summed E-state index contributed by atoms with van der Waals surface area (Å²) in [6, 6.07) is 16.9. The fourth-order valence-electron chi connectivity index (χ4n) is 4.45. The molecule has 236 valence electrons. The number of thiocarbonyl (C=S) groups is 1. The van der Waals surface area contributed by atoms with Gasteiger partial charge in [0.15, 0.2) is 10.3 Å². The highest BCUT2D eigenvalue weighted by atomic mass is 127. The van der Waals surface area contributed by atoms with Crippen molar-refractivity contribution >= 4 is 73.5 Å². The van der Waals surface area contributed by atoms with E-state index in [4.69, 9.17) is 17.2 Å². The number of anilines is 1. The molecular formula is C34H48IN4S4-. The molecule has 0 aliphatic carbocycles. The van der Waals surface area contributed by atoms with Gasteiger partial charge in [0, 0.05) is 36.0 Å². The summed E-state index contributed by atoms with van der Waals surface area (Å²) in [6.07, 6.45) is 1.89.